The molecule has 0 N–H and O–H groups in total. The van der Waals surface area contributed by atoms with Crippen LogP contribution in [0.1, 0.15) is 59.8 Å². The first-order valence-corrected chi connectivity index (χ1v) is 21.4. The number of ketones is 1. The number of imidazole rings is 1. The summed E-state index contributed by atoms with van der Waals surface area (Å²) in [4.78, 5) is 67.0. The monoisotopic (exact) mass is 901 g/mol. The highest BCUT2D eigenvalue weighted by Gasteiger charge is 2.29. The van der Waals surface area contributed by atoms with Gasteiger partial charge in [-0.15, -0.1) is 0 Å². The largest absolute Gasteiger partial charge is 0.445 e. The minimum atomic E-state index is -0.691. The van der Waals surface area contributed by atoms with Crippen molar-refractivity contribution >= 4 is 44.5 Å². The molecule has 5 heterocycles. The second kappa shape index (κ2) is 17.6. The van der Waals surface area contributed by atoms with E-state index in [0.717, 1.165) is 39.0 Å². The summed E-state index contributed by atoms with van der Waals surface area (Å²) in [6.07, 6.45) is 5.83. The number of ether oxygens (including phenoxy) is 1. The van der Waals surface area contributed by atoms with Crippen LogP contribution in [0.5, 0.6) is 0 Å². The van der Waals surface area contributed by atoms with Crippen LogP contribution in [-0.4, -0.2) is 71.4 Å². The number of nitrogens with zero attached hydrogens (tertiary/aromatic N) is 7. The number of rotatable bonds is 10. The van der Waals surface area contributed by atoms with Crippen molar-refractivity contribution in [2.45, 2.75) is 51.3 Å². The number of carbonyl (C=O) groups is 2. The molecule has 12 nitrogen and oxygen atoms in total. The molecule has 0 spiro atoms. The number of aromatic nitrogens is 5. The minimum Gasteiger partial charge on any atom is -0.445 e. The zero-order valence-corrected chi connectivity index (χ0v) is 35.2. The molecule has 2 aliphatic rings. The first kappa shape index (κ1) is 41.1. The van der Waals surface area contributed by atoms with E-state index in [0.29, 0.717) is 69.7 Å². The molecular formula is C47H42BrF2N7O5. The molecule has 2 fully saturated rings. The molecule has 9 rings (SSSR count). The van der Waals surface area contributed by atoms with Gasteiger partial charge in [0.15, 0.2) is 11.4 Å². The van der Waals surface area contributed by atoms with Crippen molar-refractivity contribution in [1.82, 2.24) is 33.3 Å². The Morgan fingerprint density at radius 1 is 0.806 bits per heavy atom. The van der Waals surface area contributed by atoms with Gasteiger partial charge in [0.1, 0.15) is 29.6 Å². The van der Waals surface area contributed by atoms with Gasteiger partial charge < -0.3 is 14.0 Å². The summed E-state index contributed by atoms with van der Waals surface area (Å²) >= 11 is 3.78. The maximum atomic E-state index is 14.7. The van der Waals surface area contributed by atoms with Crippen molar-refractivity contribution < 1.29 is 23.1 Å². The Kier molecular flexibility index (Phi) is 11.6. The second-order valence-corrected chi connectivity index (χ2v) is 16.9. The van der Waals surface area contributed by atoms with Crippen LogP contribution in [0.2, 0.25) is 0 Å². The molecule has 62 heavy (non-hydrogen) atoms. The van der Waals surface area contributed by atoms with E-state index in [1.165, 1.54) is 38.1 Å². The fourth-order valence-electron chi connectivity index (χ4n) is 8.67. The topological polar surface area (TPSA) is 124 Å². The third kappa shape index (κ3) is 8.59. The molecule has 3 aromatic carbocycles. The van der Waals surface area contributed by atoms with Gasteiger partial charge in [-0.25, -0.2) is 32.9 Å². The molecule has 1 amide bonds. The molecule has 15 heteroatoms. The van der Waals surface area contributed by atoms with E-state index in [1.54, 1.807) is 11.0 Å². The molecule has 0 unspecified atom stereocenters. The lowest BCUT2D eigenvalue weighted by Gasteiger charge is -2.34. The first-order valence-electron chi connectivity index (χ1n) is 20.7. The quantitative estimate of drug-likeness (QED) is 0.126. The number of carbonyl (C=O) groups excluding carboxylic acids is 2. The van der Waals surface area contributed by atoms with Gasteiger partial charge in [-0.1, -0.05) is 70.5 Å². The Morgan fingerprint density at radius 2 is 1.60 bits per heavy atom. The van der Waals surface area contributed by atoms with Crippen LogP contribution < -0.4 is 11.2 Å². The van der Waals surface area contributed by atoms with Crippen molar-refractivity contribution in [3.05, 3.63) is 163 Å². The number of halogens is 3. The van der Waals surface area contributed by atoms with Gasteiger partial charge in [0, 0.05) is 62.1 Å². The highest BCUT2D eigenvalue weighted by molar-refractivity contribution is 9.10. The summed E-state index contributed by atoms with van der Waals surface area (Å²) in [6.45, 7) is 3.49. The Bertz CT molecular complexity index is 2940. The fraction of sp³-hybridized carbons (Fsp3) is 0.277. The number of pyridine rings is 2. The minimum absolute atomic E-state index is 0.00524. The number of fused-ring (bicyclic) bond motifs is 2. The summed E-state index contributed by atoms with van der Waals surface area (Å²) in [5.74, 6) is -1.27. The summed E-state index contributed by atoms with van der Waals surface area (Å²) in [5, 5.41) is -0.00830. The van der Waals surface area contributed by atoms with Crippen molar-refractivity contribution in [3.63, 3.8) is 0 Å². The van der Waals surface area contributed by atoms with E-state index >= 15 is 0 Å². The zero-order valence-electron chi connectivity index (χ0n) is 33.6. The Morgan fingerprint density at radius 3 is 2.37 bits per heavy atom. The Hall–Kier alpha value is -6.32. The van der Waals surface area contributed by atoms with Crippen LogP contribution in [-0.2, 0) is 17.9 Å². The van der Waals surface area contributed by atoms with Crippen molar-refractivity contribution in [3.8, 4) is 16.8 Å². The average molecular weight is 903 g/mol. The van der Waals surface area contributed by atoms with Crippen LogP contribution in [0.25, 0.3) is 33.5 Å². The fourth-order valence-corrected chi connectivity index (χ4v) is 9.33. The van der Waals surface area contributed by atoms with E-state index in [9.17, 15) is 28.0 Å². The first-order chi connectivity index (χ1) is 30.1. The van der Waals surface area contributed by atoms with Crippen LogP contribution in [0.3, 0.4) is 0 Å². The van der Waals surface area contributed by atoms with Gasteiger partial charge in [-0.2, -0.15) is 0 Å². The predicted molar refractivity (Wildman–Crippen MR) is 233 cm³/mol. The highest BCUT2D eigenvalue weighted by atomic mass is 79.9. The Labute approximate surface area is 363 Å². The third-order valence-corrected chi connectivity index (χ3v) is 12.6. The summed E-state index contributed by atoms with van der Waals surface area (Å²) in [5.41, 5.74) is 3.81. The average Bonchev–Trinajstić information content (AvgIpc) is 3.71. The zero-order chi connectivity index (χ0) is 42.9. The number of amides is 1. The molecule has 0 atom stereocenters. The van der Waals surface area contributed by atoms with Gasteiger partial charge in [0.05, 0.1) is 17.3 Å². The van der Waals surface area contributed by atoms with Gasteiger partial charge in [-0.3, -0.25) is 19.1 Å². The van der Waals surface area contributed by atoms with Crippen molar-refractivity contribution in [2.24, 2.45) is 5.92 Å². The summed E-state index contributed by atoms with van der Waals surface area (Å²) in [6, 6.07) is 26.6. The van der Waals surface area contributed by atoms with E-state index < -0.39 is 28.9 Å². The number of piperazine rings is 1. The van der Waals surface area contributed by atoms with Crippen molar-refractivity contribution in [2.75, 3.05) is 26.2 Å². The maximum Gasteiger partial charge on any atom is 0.410 e. The van der Waals surface area contributed by atoms with Crippen LogP contribution in [0.4, 0.5) is 13.6 Å². The van der Waals surface area contributed by atoms with Gasteiger partial charge in [0.2, 0.25) is 0 Å². The summed E-state index contributed by atoms with van der Waals surface area (Å²) in [7, 11) is 0. The molecule has 0 radical (unpaired) electrons. The molecule has 316 valence electrons. The second-order valence-electron chi connectivity index (χ2n) is 16.0. The van der Waals surface area contributed by atoms with Gasteiger partial charge in [0.25, 0.3) is 5.56 Å². The number of hydrogen-bond acceptors (Lipinski definition) is 8. The van der Waals surface area contributed by atoms with Crippen LogP contribution in [0.15, 0.2) is 124 Å². The molecular weight excluding hydrogens is 860 g/mol. The summed E-state index contributed by atoms with van der Waals surface area (Å²) < 4.78 is 38.9. The normalized spacial score (nSPS) is 17.1. The SMILES string of the molecule is O=C(CC1CCC(n2c(=O)c3cc(F)cnc3n(-c3cccc(-c4ccc(CN5CCN(C(=O)OCc6ccccc6)CC5)cc4Br)c3)c2=O)CC1)c1cn2cc(F)ccc2n1. The molecule has 1 saturated carbocycles. The van der Waals surface area contributed by atoms with E-state index in [4.69, 9.17) is 4.74 Å². The molecule has 4 aromatic heterocycles. The van der Waals surface area contributed by atoms with E-state index in [1.807, 2.05) is 54.6 Å². The highest BCUT2D eigenvalue weighted by Crippen LogP contribution is 2.35. The van der Waals surface area contributed by atoms with Gasteiger partial charge >= 0.3 is 11.8 Å². The number of hydrogen-bond donors (Lipinski definition) is 0. The smallest absolute Gasteiger partial charge is 0.410 e. The lowest BCUT2D eigenvalue weighted by molar-refractivity contribution is 0.0700. The lowest BCUT2D eigenvalue weighted by Crippen LogP contribution is -2.48. The molecule has 1 aliphatic carbocycles. The Balaban J connectivity index is 0.897. The molecule has 7 aromatic rings. The maximum absolute atomic E-state index is 14.7. The predicted octanol–water partition coefficient (Wildman–Crippen LogP) is 8.36. The molecule has 0 bridgehead atoms. The van der Waals surface area contributed by atoms with E-state index in [-0.39, 0.29) is 47.5 Å². The number of Topliss-reactive ketones (excluding diaryl/α,β-unsaturated/α-hetero) is 1. The lowest BCUT2D eigenvalue weighted by atomic mass is 9.82. The van der Waals surface area contributed by atoms with Gasteiger partial charge in [-0.05, 0) is 90.3 Å². The number of benzene rings is 3. The van der Waals surface area contributed by atoms with Crippen LogP contribution in [0, 0.1) is 17.6 Å². The standard InChI is InChI=1S/C47H42BrF2N7O5/c48-40-21-32(26-53-17-19-54(20-18-53)47(61)62-29-31-5-2-1-3-6-31)11-15-38(40)33-7-4-8-37(23-33)56-44-39(24-35(50)25-51-44)45(59)57(46(56)60)36-13-9-30(10-14-36)22-42(58)41-28-55-27-34(49)12-16-43(55)52-41/h1-8,11-12,15-16,21,23-25,27-28,30,36H,9-10,13-14,17-20,22,26,29H2. The molecule has 1 saturated heterocycles. The third-order valence-electron chi connectivity index (χ3n) is 11.9. The molecule has 1 aliphatic heterocycles. The van der Waals surface area contributed by atoms with Crippen molar-refractivity contribution in [1.29, 1.82) is 0 Å². The van der Waals surface area contributed by atoms with E-state index in [2.05, 4.69) is 42.9 Å². The van der Waals surface area contributed by atoms with Crippen LogP contribution >= 0.6 is 15.9 Å².